The van der Waals surface area contributed by atoms with Crippen molar-refractivity contribution in [1.29, 1.82) is 0 Å². The van der Waals surface area contributed by atoms with Gasteiger partial charge >= 0.3 is 0 Å². The Labute approximate surface area is 432 Å². The first-order chi connectivity index (χ1) is 36.1. The summed E-state index contributed by atoms with van der Waals surface area (Å²) in [7, 11) is 0. The molecule has 0 atom stereocenters. The summed E-state index contributed by atoms with van der Waals surface area (Å²) in [4.78, 5) is 2.34. The Hall–Kier alpha value is -9.04. The van der Waals surface area contributed by atoms with Gasteiger partial charge in [0.1, 0.15) is 0 Å². The fourth-order valence-electron chi connectivity index (χ4n) is 9.97. The molecule has 1 aliphatic rings. The zero-order valence-electron chi connectivity index (χ0n) is 41.7. The van der Waals surface area contributed by atoms with Gasteiger partial charge in [0.25, 0.3) is 0 Å². The molecule has 1 heteroatoms. The molecule has 1 nitrogen and oxygen atoms in total. The maximum Gasteiger partial charge on any atom is 0.0462 e. The first-order valence-electron chi connectivity index (χ1n) is 25.4. The number of anilines is 3. The number of nitrogens with zero attached hydrogens (tertiary/aromatic N) is 1. The summed E-state index contributed by atoms with van der Waals surface area (Å²) in [5.74, 6) is 0. The number of allylic oxidation sites excluding steroid dienone is 11. The van der Waals surface area contributed by atoms with Crippen molar-refractivity contribution < 1.29 is 0 Å². The van der Waals surface area contributed by atoms with Crippen LogP contribution in [0.4, 0.5) is 17.1 Å². The summed E-state index contributed by atoms with van der Waals surface area (Å²) in [6.07, 6.45) is 17.3. The topological polar surface area (TPSA) is 3.24 Å². The molecule has 10 rings (SSSR count). The highest BCUT2D eigenvalue weighted by molar-refractivity contribution is 6.07. The van der Waals surface area contributed by atoms with Crippen LogP contribution in [0.5, 0.6) is 0 Å². The largest absolute Gasteiger partial charge is 0.311 e. The third-order valence-corrected chi connectivity index (χ3v) is 13.5. The number of hydrogen-bond donors (Lipinski definition) is 0. The zero-order chi connectivity index (χ0) is 49.8. The van der Waals surface area contributed by atoms with Crippen molar-refractivity contribution in [2.75, 3.05) is 4.90 Å². The predicted molar refractivity (Wildman–Crippen MR) is 314 cm³/mol. The maximum atomic E-state index is 4.07. The highest BCUT2D eigenvalue weighted by Gasteiger charge is 2.20. The van der Waals surface area contributed by atoms with Gasteiger partial charge in [0.15, 0.2) is 0 Å². The van der Waals surface area contributed by atoms with Gasteiger partial charge in [-0.1, -0.05) is 261 Å². The van der Waals surface area contributed by atoms with E-state index in [-0.39, 0.29) is 0 Å². The molecule has 0 radical (unpaired) electrons. The minimum Gasteiger partial charge on any atom is -0.311 e. The molecule has 0 saturated heterocycles. The summed E-state index contributed by atoms with van der Waals surface area (Å²) >= 11 is 0. The van der Waals surface area contributed by atoms with Crippen molar-refractivity contribution in [3.63, 3.8) is 0 Å². The average molecular weight is 938 g/mol. The van der Waals surface area contributed by atoms with Crippen molar-refractivity contribution in [2.45, 2.75) is 26.7 Å². The SMILES string of the molecule is C=C/C=C(\C=C/C)C(=C(\c1ccccc1)c1ccc(-c2ccc(N(c3ccc(C)cc3)c3ccc(-c4ccc(/C(=C(\C5=CCCC=C5)c5ccccc5)c5ccccc5)cc4)cc3)cc2)cc1)/c1ccccc1. The molecule has 0 spiro atoms. The minimum absolute atomic E-state index is 1.04. The maximum absolute atomic E-state index is 4.07. The average Bonchev–Trinajstić information content (AvgIpc) is 3.46. The van der Waals surface area contributed by atoms with Gasteiger partial charge in [-0.05, 0) is 152 Å². The summed E-state index contributed by atoms with van der Waals surface area (Å²) in [6, 6.07) is 87.9. The van der Waals surface area contributed by atoms with Crippen LogP contribution in [0.15, 0.2) is 303 Å². The second kappa shape index (κ2) is 22.8. The highest BCUT2D eigenvalue weighted by atomic mass is 15.1. The third-order valence-electron chi connectivity index (χ3n) is 13.5. The Morgan fingerprint density at radius 2 is 0.795 bits per heavy atom. The van der Waals surface area contributed by atoms with E-state index in [9.17, 15) is 0 Å². The molecular formula is C72H59N. The second-order valence-corrected chi connectivity index (χ2v) is 18.4. The molecule has 0 bridgehead atoms. The van der Waals surface area contributed by atoms with Crippen LogP contribution in [0.3, 0.4) is 0 Å². The van der Waals surface area contributed by atoms with Crippen molar-refractivity contribution in [2.24, 2.45) is 0 Å². The van der Waals surface area contributed by atoms with Crippen molar-refractivity contribution in [3.8, 4) is 22.3 Å². The standard InChI is InChI=1S/C72H59N/c1-4-21-58(22-5-2)69(59-23-11-6-12-24-59)71(62-29-17-9-18-30-62)64-39-35-54(36-40-64)56-43-49-67(50-44-56)73(66-47-33-53(3)34-48-66)68-51-45-57(46-52-68)55-37-41-65(42-38-55)72(63-31-19-10-20-32-63)70(60-25-13-7-14-26-60)61-27-15-8-16-28-61/h4-7,9-15,17-52H,1,8,16H2,2-3H3/b22-5-,58-21+,71-69-,72-70-. The first-order valence-corrected chi connectivity index (χ1v) is 25.4. The molecule has 0 aromatic heterocycles. The van der Waals surface area contributed by atoms with E-state index in [4.69, 9.17) is 0 Å². The van der Waals surface area contributed by atoms with Crippen LogP contribution in [0.1, 0.15) is 58.7 Å². The summed E-state index contributed by atoms with van der Waals surface area (Å²) in [5, 5.41) is 0. The summed E-state index contributed by atoms with van der Waals surface area (Å²) in [5.41, 5.74) is 23.4. The number of hydrogen-bond acceptors (Lipinski definition) is 1. The first kappa shape index (κ1) is 47.6. The van der Waals surface area contributed by atoms with E-state index in [0.29, 0.717) is 0 Å². The lowest BCUT2D eigenvalue weighted by Gasteiger charge is -2.26. The molecule has 352 valence electrons. The molecule has 0 fully saturated rings. The molecule has 1 aliphatic carbocycles. The molecule has 0 heterocycles. The molecule has 0 saturated carbocycles. The quantitative estimate of drug-likeness (QED) is 0.0731. The van der Waals surface area contributed by atoms with Crippen LogP contribution in [-0.2, 0) is 0 Å². The zero-order valence-corrected chi connectivity index (χ0v) is 41.7. The predicted octanol–water partition coefficient (Wildman–Crippen LogP) is 19.7. The van der Waals surface area contributed by atoms with Gasteiger partial charge in [-0.15, -0.1) is 0 Å². The summed E-state index contributed by atoms with van der Waals surface area (Å²) in [6.45, 7) is 8.28. The van der Waals surface area contributed by atoms with E-state index < -0.39 is 0 Å². The van der Waals surface area contributed by atoms with Crippen molar-refractivity contribution in [1.82, 2.24) is 0 Å². The van der Waals surface area contributed by atoms with Crippen LogP contribution in [0, 0.1) is 6.92 Å². The summed E-state index contributed by atoms with van der Waals surface area (Å²) < 4.78 is 0. The van der Waals surface area contributed by atoms with Crippen LogP contribution in [-0.4, -0.2) is 0 Å². The van der Waals surface area contributed by atoms with Crippen molar-refractivity contribution in [3.05, 3.63) is 342 Å². The highest BCUT2D eigenvalue weighted by Crippen LogP contribution is 2.42. The van der Waals surface area contributed by atoms with Gasteiger partial charge < -0.3 is 4.90 Å². The number of benzene rings is 9. The number of rotatable bonds is 15. The fraction of sp³-hybridized carbons (Fsp3) is 0.0556. The minimum atomic E-state index is 1.04. The molecule has 0 aliphatic heterocycles. The van der Waals surface area contributed by atoms with Crippen LogP contribution >= 0.6 is 0 Å². The normalized spacial score (nSPS) is 13.2. The Kier molecular flexibility index (Phi) is 14.9. The van der Waals surface area contributed by atoms with Crippen LogP contribution in [0.2, 0.25) is 0 Å². The van der Waals surface area contributed by atoms with Crippen molar-refractivity contribution >= 4 is 39.4 Å². The fourth-order valence-corrected chi connectivity index (χ4v) is 9.97. The van der Waals surface area contributed by atoms with E-state index >= 15 is 0 Å². The Morgan fingerprint density at radius 3 is 1.22 bits per heavy atom. The van der Waals surface area contributed by atoms with E-state index in [1.807, 2.05) is 6.08 Å². The molecule has 0 unspecified atom stereocenters. The lowest BCUT2D eigenvalue weighted by molar-refractivity contribution is 1.03. The second-order valence-electron chi connectivity index (χ2n) is 18.4. The monoisotopic (exact) mass is 937 g/mol. The van der Waals surface area contributed by atoms with Gasteiger partial charge in [0.05, 0.1) is 0 Å². The van der Waals surface area contributed by atoms with E-state index in [1.165, 1.54) is 55.7 Å². The van der Waals surface area contributed by atoms with Gasteiger partial charge in [0.2, 0.25) is 0 Å². The van der Waals surface area contributed by atoms with Crippen LogP contribution in [0.25, 0.3) is 44.5 Å². The molecule has 0 N–H and O–H groups in total. The Balaban J connectivity index is 0.967. The van der Waals surface area contributed by atoms with E-state index in [2.05, 4.69) is 304 Å². The van der Waals surface area contributed by atoms with Gasteiger partial charge in [-0.3, -0.25) is 0 Å². The lowest BCUT2D eigenvalue weighted by Crippen LogP contribution is -2.09. The molecule has 9 aromatic rings. The number of aryl methyl sites for hydroxylation is 1. The molecule has 73 heavy (non-hydrogen) atoms. The lowest BCUT2D eigenvalue weighted by atomic mass is 9.84. The Morgan fingerprint density at radius 1 is 0.411 bits per heavy atom. The Bertz CT molecular complexity index is 3480. The van der Waals surface area contributed by atoms with Crippen LogP contribution < -0.4 is 4.90 Å². The van der Waals surface area contributed by atoms with Gasteiger partial charge in [0, 0.05) is 17.1 Å². The smallest absolute Gasteiger partial charge is 0.0462 e. The van der Waals surface area contributed by atoms with Gasteiger partial charge in [-0.25, -0.2) is 0 Å². The third kappa shape index (κ3) is 10.8. The molecule has 9 aromatic carbocycles. The molecule has 0 amide bonds. The van der Waals surface area contributed by atoms with E-state index in [1.54, 1.807) is 0 Å². The van der Waals surface area contributed by atoms with Gasteiger partial charge in [-0.2, -0.15) is 0 Å². The van der Waals surface area contributed by atoms with E-state index in [0.717, 1.165) is 68.9 Å². The molecular weight excluding hydrogens is 879 g/mol.